The van der Waals surface area contributed by atoms with E-state index in [2.05, 4.69) is 45.1 Å². The normalized spacial score (nSPS) is 22.0. The molecule has 146 valence electrons. The van der Waals surface area contributed by atoms with Gasteiger partial charge in [-0.2, -0.15) is 0 Å². The lowest BCUT2D eigenvalue weighted by atomic mass is 9.83. The van der Waals surface area contributed by atoms with Crippen molar-refractivity contribution in [2.75, 3.05) is 39.9 Å². The van der Waals surface area contributed by atoms with Crippen LogP contribution in [0.2, 0.25) is 0 Å². The molecule has 1 aromatic carbocycles. The molecule has 2 aliphatic rings. The SMILES string of the molecule is COCCCN1CCc2[nH]cnc2C1C1CCN(Cc2ccccc2)CC1. The van der Waals surface area contributed by atoms with Crippen molar-refractivity contribution in [3.8, 4) is 0 Å². The Morgan fingerprint density at radius 3 is 2.74 bits per heavy atom. The lowest BCUT2D eigenvalue weighted by Gasteiger charge is -2.43. The van der Waals surface area contributed by atoms with Gasteiger partial charge in [-0.25, -0.2) is 4.98 Å². The summed E-state index contributed by atoms with van der Waals surface area (Å²) in [4.78, 5) is 13.4. The van der Waals surface area contributed by atoms with Gasteiger partial charge in [0, 0.05) is 45.5 Å². The molecule has 0 radical (unpaired) electrons. The predicted molar refractivity (Wildman–Crippen MR) is 108 cm³/mol. The Hall–Kier alpha value is -1.69. The van der Waals surface area contributed by atoms with Gasteiger partial charge in [0.2, 0.25) is 0 Å². The fraction of sp³-hybridized carbons (Fsp3) is 0.591. The number of rotatable bonds is 7. The molecule has 4 rings (SSSR count). The van der Waals surface area contributed by atoms with Crippen LogP contribution in [0.1, 0.15) is 42.3 Å². The Kier molecular flexibility index (Phi) is 6.22. The van der Waals surface area contributed by atoms with E-state index in [4.69, 9.17) is 9.72 Å². The molecule has 2 aliphatic heterocycles. The first-order valence-electron chi connectivity index (χ1n) is 10.4. The Morgan fingerprint density at radius 2 is 1.96 bits per heavy atom. The molecule has 0 amide bonds. The molecule has 1 unspecified atom stereocenters. The number of nitrogens with zero attached hydrogens (tertiary/aromatic N) is 3. The van der Waals surface area contributed by atoms with Gasteiger partial charge in [-0.05, 0) is 43.8 Å². The summed E-state index contributed by atoms with van der Waals surface area (Å²) in [7, 11) is 1.79. The quantitative estimate of drug-likeness (QED) is 0.762. The maximum atomic E-state index is 5.28. The molecule has 1 atom stereocenters. The van der Waals surface area contributed by atoms with E-state index in [0.29, 0.717) is 12.0 Å². The minimum absolute atomic E-state index is 0.468. The fourth-order valence-electron chi connectivity index (χ4n) is 4.81. The third-order valence-electron chi connectivity index (χ3n) is 6.20. The summed E-state index contributed by atoms with van der Waals surface area (Å²) >= 11 is 0. The summed E-state index contributed by atoms with van der Waals surface area (Å²) < 4.78 is 5.28. The van der Waals surface area contributed by atoms with Crippen LogP contribution in [-0.2, 0) is 17.7 Å². The molecule has 1 fully saturated rings. The smallest absolute Gasteiger partial charge is 0.0925 e. The number of likely N-dealkylation sites (tertiary alicyclic amines) is 1. The molecule has 0 bridgehead atoms. The average Bonchev–Trinajstić information content (AvgIpc) is 3.18. The first-order chi connectivity index (χ1) is 13.3. The van der Waals surface area contributed by atoms with Gasteiger partial charge in [0.1, 0.15) is 0 Å². The van der Waals surface area contributed by atoms with Crippen LogP contribution < -0.4 is 0 Å². The van der Waals surface area contributed by atoms with Crippen molar-refractivity contribution in [2.24, 2.45) is 5.92 Å². The van der Waals surface area contributed by atoms with E-state index >= 15 is 0 Å². The Balaban J connectivity index is 1.40. The van der Waals surface area contributed by atoms with Crippen molar-refractivity contribution in [2.45, 2.75) is 38.3 Å². The molecular formula is C22H32N4O. The van der Waals surface area contributed by atoms with E-state index in [-0.39, 0.29) is 0 Å². The van der Waals surface area contributed by atoms with Crippen LogP contribution in [-0.4, -0.2) is 59.7 Å². The third kappa shape index (κ3) is 4.42. The zero-order valence-corrected chi connectivity index (χ0v) is 16.4. The maximum Gasteiger partial charge on any atom is 0.0925 e. The lowest BCUT2D eigenvalue weighted by molar-refractivity contribution is 0.0667. The summed E-state index contributed by atoms with van der Waals surface area (Å²) in [5.41, 5.74) is 4.08. The van der Waals surface area contributed by atoms with Gasteiger partial charge in [0.25, 0.3) is 0 Å². The maximum absolute atomic E-state index is 5.28. The summed E-state index contributed by atoms with van der Waals surface area (Å²) in [5.74, 6) is 0.696. The van der Waals surface area contributed by atoms with Crippen molar-refractivity contribution in [1.29, 1.82) is 0 Å². The third-order valence-corrected chi connectivity index (χ3v) is 6.20. The second-order valence-electron chi connectivity index (χ2n) is 7.94. The molecule has 2 aromatic rings. The van der Waals surface area contributed by atoms with E-state index in [1.54, 1.807) is 7.11 Å². The number of piperidine rings is 1. The van der Waals surface area contributed by atoms with E-state index in [1.165, 1.54) is 42.9 Å². The number of aromatic nitrogens is 2. The van der Waals surface area contributed by atoms with Crippen molar-refractivity contribution in [3.63, 3.8) is 0 Å². The van der Waals surface area contributed by atoms with E-state index < -0.39 is 0 Å². The molecule has 0 saturated carbocycles. The summed E-state index contributed by atoms with van der Waals surface area (Å²) in [6.45, 7) is 6.52. The molecule has 5 nitrogen and oxygen atoms in total. The second kappa shape index (κ2) is 9.00. The molecule has 27 heavy (non-hydrogen) atoms. The van der Waals surface area contributed by atoms with Crippen LogP contribution in [0, 0.1) is 5.92 Å². The molecule has 0 spiro atoms. The van der Waals surface area contributed by atoms with E-state index in [9.17, 15) is 0 Å². The number of H-pyrrole nitrogens is 1. The molecule has 3 heterocycles. The van der Waals surface area contributed by atoms with Gasteiger partial charge in [-0.3, -0.25) is 9.80 Å². The molecule has 1 N–H and O–H groups in total. The van der Waals surface area contributed by atoms with Gasteiger partial charge in [0.15, 0.2) is 0 Å². The first kappa shape index (κ1) is 18.7. The number of nitrogens with one attached hydrogen (secondary N) is 1. The highest BCUT2D eigenvalue weighted by Gasteiger charge is 2.36. The largest absolute Gasteiger partial charge is 0.385 e. The monoisotopic (exact) mass is 368 g/mol. The fourth-order valence-corrected chi connectivity index (χ4v) is 4.81. The molecule has 1 aromatic heterocycles. The van der Waals surface area contributed by atoms with Gasteiger partial charge in [-0.15, -0.1) is 0 Å². The number of benzene rings is 1. The number of aromatic amines is 1. The number of hydrogen-bond donors (Lipinski definition) is 1. The number of fused-ring (bicyclic) bond motifs is 1. The number of methoxy groups -OCH3 is 1. The Morgan fingerprint density at radius 1 is 1.15 bits per heavy atom. The number of hydrogen-bond acceptors (Lipinski definition) is 4. The van der Waals surface area contributed by atoms with Crippen molar-refractivity contribution in [3.05, 3.63) is 53.6 Å². The highest BCUT2D eigenvalue weighted by Crippen LogP contribution is 2.38. The average molecular weight is 369 g/mol. The minimum atomic E-state index is 0.468. The van der Waals surface area contributed by atoms with Crippen LogP contribution in [0.15, 0.2) is 36.7 Å². The first-order valence-corrected chi connectivity index (χ1v) is 10.4. The number of imidazole rings is 1. The van der Waals surface area contributed by atoms with Gasteiger partial charge < -0.3 is 9.72 Å². The number of ether oxygens (including phenoxy) is 1. The van der Waals surface area contributed by atoms with Gasteiger partial charge in [0.05, 0.1) is 18.1 Å². The molecule has 0 aliphatic carbocycles. The van der Waals surface area contributed by atoms with E-state index in [0.717, 1.165) is 39.1 Å². The summed E-state index contributed by atoms with van der Waals surface area (Å²) in [5, 5.41) is 0. The van der Waals surface area contributed by atoms with Crippen LogP contribution in [0.3, 0.4) is 0 Å². The topological polar surface area (TPSA) is 44.4 Å². The Bertz CT molecular complexity index is 693. The van der Waals surface area contributed by atoms with Crippen LogP contribution in [0.25, 0.3) is 0 Å². The van der Waals surface area contributed by atoms with Crippen molar-refractivity contribution >= 4 is 0 Å². The van der Waals surface area contributed by atoms with E-state index in [1.807, 2.05) is 6.33 Å². The molecule has 1 saturated heterocycles. The molecular weight excluding hydrogens is 336 g/mol. The van der Waals surface area contributed by atoms with Crippen molar-refractivity contribution in [1.82, 2.24) is 19.8 Å². The van der Waals surface area contributed by atoms with Crippen molar-refractivity contribution < 1.29 is 4.74 Å². The summed E-state index contributed by atoms with van der Waals surface area (Å²) in [6, 6.07) is 11.3. The highest BCUT2D eigenvalue weighted by atomic mass is 16.5. The second-order valence-corrected chi connectivity index (χ2v) is 7.94. The Labute approximate surface area is 162 Å². The van der Waals surface area contributed by atoms with Crippen LogP contribution in [0.4, 0.5) is 0 Å². The zero-order valence-electron chi connectivity index (χ0n) is 16.4. The zero-order chi connectivity index (χ0) is 18.5. The molecule has 5 heteroatoms. The predicted octanol–water partition coefficient (Wildman–Crippen LogP) is 3.26. The van der Waals surface area contributed by atoms with Crippen LogP contribution >= 0.6 is 0 Å². The minimum Gasteiger partial charge on any atom is -0.385 e. The lowest BCUT2D eigenvalue weighted by Crippen LogP contribution is -2.44. The standard InChI is InChI=1S/C22H32N4O/c1-27-15-5-11-26-14-10-20-21(24-17-23-20)22(26)19-8-12-25(13-9-19)16-18-6-3-2-4-7-18/h2-4,6-7,17,19,22H,5,8-16H2,1H3,(H,23,24). The summed E-state index contributed by atoms with van der Waals surface area (Å²) in [6.07, 6.45) is 6.58. The van der Waals surface area contributed by atoms with Gasteiger partial charge >= 0.3 is 0 Å². The highest BCUT2D eigenvalue weighted by molar-refractivity contribution is 5.21. The van der Waals surface area contributed by atoms with Gasteiger partial charge in [-0.1, -0.05) is 30.3 Å². The van der Waals surface area contributed by atoms with Crippen LogP contribution in [0.5, 0.6) is 0 Å².